The highest BCUT2D eigenvalue weighted by atomic mass is 79.9. The molecule has 3 aromatic carbocycles. The van der Waals surface area contributed by atoms with Crippen LogP contribution in [0, 0.1) is 20.8 Å². The lowest BCUT2D eigenvalue weighted by Gasteiger charge is -2.09. The molecule has 30 heavy (non-hydrogen) atoms. The fourth-order valence-corrected chi connectivity index (χ4v) is 3.48. The Bertz CT molecular complexity index is 1230. The summed E-state index contributed by atoms with van der Waals surface area (Å²) in [6.45, 7) is 5.96. The van der Waals surface area contributed by atoms with E-state index < -0.39 is 0 Å². The number of aromatic nitrogens is 3. The summed E-state index contributed by atoms with van der Waals surface area (Å²) in [6, 6.07) is 21.7. The largest absolute Gasteiger partial charge is 0.319 e. The first-order chi connectivity index (χ1) is 14.4. The molecule has 0 bridgehead atoms. The van der Waals surface area contributed by atoms with Crippen molar-refractivity contribution in [2.24, 2.45) is 0 Å². The van der Waals surface area contributed by atoms with Gasteiger partial charge in [-0.2, -0.15) is 0 Å². The number of halogens is 1. The van der Waals surface area contributed by atoms with Gasteiger partial charge in [-0.05, 0) is 61.7 Å². The molecular weight excluding hydrogens is 440 g/mol. The lowest BCUT2D eigenvalue weighted by Crippen LogP contribution is -2.15. The molecule has 0 saturated carbocycles. The van der Waals surface area contributed by atoms with Gasteiger partial charge in [-0.3, -0.25) is 4.79 Å². The van der Waals surface area contributed by atoms with Gasteiger partial charge < -0.3 is 5.32 Å². The van der Waals surface area contributed by atoms with Gasteiger partial charge >= 0.3 is 0 Å². The van der Waals surface area contributed by atoms with Crippen molar-refractivity contribution in [3.8, 4) is 17.1 Å². The molecule has 0 aliphatic heterocycles. The molecule has 0 saturated heterocycles. The Morgan fingerprint density at radius 2 is 1.67 bits per heavy atom. The topological polar surface area (TPSA) is 59.8 Å². The van der Waals surface area contributed by atoms with Gasteiger partial charge in [0.2, 0.25) is 5.82 Å². The van der Waals surface area contributed by atoms with Gasteiger partial charge in [0.25, 0.3) is 5.91 Å². The minimum atomic E-state index is -0.339. The zero-order chi connectivity index (χ0) is 21.3. The number of carbonyl (C=O) groups excluding carboxylic acids is 1. The number of rotatable bonds is 4. The normalized spacial score (nSPS) is 10.8. The standard InChI is InChI=1S/C24H21BrN4O/c1-15-8-9-16(2)20(14-15)26-24(30)22-27-23(18-10-12-19(25)13-11-18)29(28-22)21-7-5-4-6-17(21)3/h4-14H,1-3H3,(H,26,30). The van der Waals surface area contributed by atoms with Gasteiger partial charge in [-0.1, -0.05) is 58.4 Å². The van der Waals surface area contributed by atoms with E-state index in [0.29, 0.717) is 5.82 Å². The van der Waals surface area contributed by atoms with Crippen LogP contribution in [0.1, 0.15) is 27.3 Å². The van der Waals surface area contributed by atoms with Gasteiger partial charge in [-0.25, -0.2) is 9.67 Å². The summed E-state index contributed by atoms with van der Waals surface area (Å²) < 4.78 is 2.71. The number of hydrogen-bond acceptors (Lipinski definition) is 3. The molecular formula is C24H21BrN4O. The number of hydrogen-bond donors (Lipinski definition) is 1. The quantitative estimate of drug-likeness (QED) is 0.413. The van der Waals surface area contributed by atoms with Crippen LogP contribution in [-0.2, 0) is 0 Å². The highest BCUT2D eigenvalue weighted by Crippen LogP contribution is 2.25. The number of nitrogens with zero attached hydrogens (tertiary/aromatic N) is 3. The molecule has 0 spiro atoms. The Morgan fingerprint density at radius 1 is 0.933 bits per heavy atom. The number of nitrogens with one attached hydrogen (secondary N) is 1. The minimum Gasteiger partial charge on any atom is -0.319 e. The SMILES string of the molecule is Cc1ccc(C)c(NC(=O)c2nc(-c3ccc(Br)cc3)n(-c3ccccc3C)n2)c1. The Kier molecular flexibility index (Phi) is 5.50. The molecule has 1 aromatic heterocycles. The van der Waals surface area contributed by atoms with Crippen LogP contribution < -0.4 is 5.32 Å². The van der Waals surface area contributed by atoms with E-state index in [1.54, 1.807) is 4.68 Å². The molecule has 0 aliphatic rings. The van der Waals surface area contributed by atoms with E-state index in [1.807, 2.05) is 87.5 Å². The molecule has 4 aromatic rings. The van der Waals surface area contributed by atoms with Crippen LogP contribution in [0.4, 0.5) is 5.69 Å². The van der Waals surface area contributed by atoms with E-state index in [0.717, 1.165) is 38.1 Å². The maximum atomic E-state index is 13.0. The van der Waals surface area contributed by atoms with E-state index in [4.69, 9.17) is 0 Å². The number of para-hydroxylation sites is 1. The summed E-state index contributed by atoms with van der Waals surface area (Å²) in [5.41, 5.74) is 5.62. The second-order valence-corrected chi connectivity index (χ2v) is 8.15. The molecule has 0 aliphatic carbocycles. The molecule has 1 heterocycles. The maximum absolute atomic E-state index is 13.0. The van der Waals surface area contributed by atoms with Crippen LogP contribution in [-0.4, -0.2) is 20.7 Å². The predicted molar refractivity (Wildman–Crippen MR) is 123 cm³/mol. The molecule has 0 unspecified atom stereocenters. The van der Waals surface area contributed by atoms with Gasteiger partial charge in [0, 0.05) is 15.7 Å². The van der Waals surface area contributed by atoms with Gasteiger partial charge in [-0.15, -0.1) is 5.10 Å². The van der Waals surface area contributed by atoms with Crippen LogP contribution in [0.5, 0.6) is 0 Å². The zero-order valence-electron chi connectivity index (χ0n) is 17.0. The third-order valence-corrected chi connectivity index (χ3v) is 5.43. The average molecular weight is 461 g/mol. The number of carbonyl (C=O) groups is 1. The van der Waals surface area contributed by atoms with E-state index in [-0.39, 0.29) is 11.7 Å². The van der Waals surface area contributed by atoms with Crippen LogP contribution in [0.3, 0.4) is 0 Å². The fourth-order valence-electron chi connectivity index (χ4n) is 3.21. The molecule has 5 nitrogen and oxygen atoms in total. The van der Waals surface area contributed by atoms with Crippen LogP contribution >= 0.6 is 15.9 Å². The summed E-state index contributed by atoms with van der Waals surface area (Å²) in [5.74, 6) is 0.398. The van der Waals surface area contributed by atoms with E-state index in [2.05, 4.69) is 31.3 Å². The minimum absolute atomic E-state index is 0.122. The van der Waals surface area contributed by atoms with Crippen molar-refractivity contribution in [1.29, 1.82) is 0 Å². The molecule has 6 heteroatoms. The highest BCUT2D eigenvalue weighted by Gasteiger charge is 2.20. The van der Waals surface area contributed by atoms with Crippen molar-refractivity contribution in [1.82, 2.24) is 14.8 Å². The number of benzene rings is 3. The van der Waals surface area contributed by atoms with Gasteiger partial charge in [0.05, 0.1) is 5.69 Å². The Labute approximate surface area is 183 Å². The van der Waals surface area contributed by atoms with Crippen molar-refractivity contribution >= 4 is 27.5 Å². The fraction of sp³-hybridized carbons (Fsp3) is 0.125. The van der Waals surface area contributed by atoms with Crippen LogP contribution in [0.15, 0.2) is 71.2 Å². The Hall–Kier alpha value is -3.25. The highest BCUT2D eigenvalue weighted by molar-refractivity contribution is 9.10. The Balaban J connectivity index is 1.79. The van der Waals surface area contributed by atoms with E-state index in [9.17, 15) is 4.79 Å². The zero-order valence-corrected chi connectivity index (χ0v) is 18.6. The van der Waals surface area contributed by atoms with Crippen molar-refractivity contribution < 1.29 is 4.79 Å². The lowest BCUT2D eigenvalue weighted by molar-refractivity contribution is 0.101. The maximum Gasteiger partial charge on any atom is 0.295 e. The molecule has 0 fully saturated rings. The third-order valence-electron chi connectivity index (χ3n) is 4.90. The number of aryl methyl sites for hydroxylation is 3. The van der Waals surface area contributed by atoms with Crippen LogP contribution in [0.25, 0.3) is 17.1 Å². The van der Waals surface area contributed by atoms with Crippen molar-refractivity contribution in [2.75, 3.05) is 5.32 Å². The van der Waals surface area contributed by atoms with Crippen molar-refractivity contribution in [2.45, 2.75) is 20.8 Å². The second kappa shape index (κ2) is 8.24. The van der Waals surface area contributed by atoms with Crippen molar-refractivity contribution in [3.05, 3.63) is 93.7 Å². The van der Waals surface area contributed by atoms with Gasteiger partial charge in [0.15, 0.2) is 5.82 Å². The van der Waals surface area contributed by atoms with Crippen LogP contribution in [0.2, 0.25) is 0 Å². The van der Waals surface area contributed by atoms with Crippen molar-refractivity contribution in [3.63, 3.8) is 0 Å². The smallest absolute Gasteiger partial charge is 0.295 e. The van der Waals surface area contributed by atoms with E-state index >= 15 is 0 Å². The molecule has 1 amide bonds. The molecule has 4 rings (SSSR count). The number of anilines is 1. The summed E-state index contributed by atoms with van der Waals surface area (Å²) in [4.78, 5) is 17.6. The van der Waals surface area contributed by atoms with Gasteiger partial charge in [0.1, 0.15) is 0 Å². The Morgan fingerprint density at radius 3 is 2.40 bits per heavy atom. The summed E-state index contributed by atoms with van der Waals surface area (Å²) in [7, 11) is 0. The first kappa shape index (κ1) is 20.0. The molecule has 0 radical (unpaired) electrons. The first-order valence-electron chi connectivity index (χ1n) is 9.60. The molecule has 0 atom stereocenters. The predicted octanol–water partition coefficient (Wildman–Crippen LogP) is 5.87. The van der Waals surface area contributed by atoms with E-state index in [1.165, 1.54) is 0 Å². The number of amides is 1. The molecule has 1 N–H and O–H groups in total. The first-order valence-corrected chi connectivity index (χ1v) is 10.4. The average Bonchev–Trinajstić information content (AvgIpc) is 3.17. The third kappa shape index (κ3) is 4.04. The monoisotopic (exact) mass is 460 g/mol. The second-order valence-electron chi connectivity index (χ2n) is 7.24. The lowest BCUT2D eigenvalue weighted by atomic mass is 10.1. The molecule has 150 valence electrons. The summed E-state index contributed by atoms with van der Waals surface area (Å²) >= 11 is 3.46. The summed E-state index contributed by atoms with van der Waals surface area (Å²) in [6.07, 6.45) is 0. The summed E-state index contributed by atoms with van der Waals surface area (Å²) in [5, 5.41) is 7.52.